The Kier molecular flexibility index (Phi) is 4.78. The van der Waals surface area contributed by atoms with Gasteiger partial charge in [-0.1, -0.05) is 11.6 Å². The molecule has 0 aliphatic carbocycles. The summed E-state index contributed by atoms with van der Waals surface area (Å²) in [5.74, 6) is 1.30. The minimum atomic E-state index is 0.432. The number of fused-ring (bicyclic) bond motifs is 1. The molecular weight excluding hydrogens is 286 g/mol. The summed E-state index contributed by atoms with van der Waals surface area (Å²) in [5, 5.41) is 0.706. The van der Waals surface area contributed by atoms with Gasteiger partial charge in [0, 0.05) is 10.9 Å². The monoisotopic (exact) mass is 307 g/mol. The van der Waals surface area contributed by atoms with Gasteiger partial charge < -0.3 is 15.1 Å². The number of aromatic nitrogens is 1. The van der Waals surface area contributed by atoms with Gasteiger partial charge in [-0.15, -0.1) is 0 Å². The van der Waals surface area contributed by atoms with E-state index in [1.54, 1.807) is 0 Å². The molecule has 1 aliphatic rings. The number of piperidine rings is 1. The second-order valence-corrected chi connectivity index (χ2v) is 6.21. The first-order valence-corrected chi connectivity index (χ1v) is 8.12. The van der Waals surface area contributed by atoms with Crippen LogP contribution < -0.4 is 5.73 Å². The van der Waals surface area contributed by atoms with E-state index in [1.165, 1.54) is 6.42 Å². The molecule has 2 heterocycles. The summed E-state index contributed by atoms with van der Waals surface area (Å²) in [5.41, 5.74) is 7.24. The summed E-state index contributed by atoms with van der Waals surface area (Å²) in [6, 6.07) is 5.61. The number of nitrogens with zero attached hydrogens (tertiary/aromatic N) is 2. The van der Waals surface area contributed by atoms with Crippen molar-refractivity contribution in [2.24, 2.45) is 5.73 Å². The van der Waals surface area contributed by atoms with Gasteiger partial charge in [0.15, 0.2) is 11.5 Å². The Bertz CT molecular complexity index is 590. The lowest BCUT2D eigenvalue weighted by Gasteiger charge is -2.30. The summed E-state index contributed by atoms with van der Waals surface area (Å²) in [6.07, 6.45) is 4.54. The summed E-state index contributed by atoms with van der Waals surface area (Å²) in [4.78, 5) is 7.13. The van der Waals surface area contributed by atoms with Crippen LogP contribution in [-0.4, -0.2) is 36.1 Å². The Morgan fingerprint density at radius 2 is 2.10 bits per heavy atom. The highest BCUT2D eigenvalue weighted by molar-refractivity contribution is 6.31. The van der Waals surface area contributed by atoms with Gasteiger partial charge in [-0.25, -0.2) is 4.98 Å². The van der Waals surface area contributed by atoms with Gasteiger partial charge in [0.25, 0.3) is 0 Å². The number of likely N-dealkylation sites (tertiary alicyclic amines) is 1. The summed E-state index contributed by atoms with van der Waals surface area (Å²) in [7, 11) is 0. The van der Waals surface area contributed by atoms with Gasteiger partial charge in [0.1, 0.15) is 5.52 Å². The summed E-state index contributed by atoms with van der Waals surface area (Å²) in [6.45, 7) is 4.19. The van der Waals surface area contributed by atoms with Gasteiger partial charge >= 0.3 is 0 Å². The van der Waals surface area contributed by atoms with E-state index in [4.69, 9.17) is 21.8 Å². The minimum absolute atomic E-state index is 0.432. The number of nitrogens with two attached hydrogens (primary N) is 1. The molecule has 2 N–H and O–H groups in total. The van der Waals surface area contributed by atoms with E-state index in [2.05, 4.69) is 9.88 Å². The number of hydrogen-bond acceptors (Lipinski definition) is 4. The maximum atomic E-state index is 6.00. The van der Waals surface area contributed by atoms with Crippen molar-refractivity contribution in [2.75, 3.05) is 26.2 Å². The van der Waals surface area contributed by atoms with Crippen molar-refractivity contribution < 1.29 is 4.42 Å². The van der Waals surface area contributed by atoms with Crippen molar-refractivity contribution in [3.05, 3.63) is 29.1 Å². The molecule has 21 heavy (non-hydrogen) atoms. The molecule has 0 radical (unpaired) electrons. The van der Waals surface area contributed by atoms with Crippen molar-refractivity contribution in [1.29, 1.82) is 0 Å². The summed E-state index contributed by atoms with van der Waals surface area (Å²) < 4.78 is 5.89. The highest BCUT2D eigenvalue weighted by Crippen LogP contribution is 2.30. The maximum absolute atomic E-state index is 6.00. The highest BCUT2D eigenvalue weighted by Gasteiger charge is 2.24. The van der Waals surface area contributed by atoms with E-state index in [-0.39, 0.29) is 0 Å². The average Bonchev–Trinajstić information content (AvgIpc) is 2.91. The molecule has 1 fully saturated rings. The third-order valence-electron chi connectivity index (χ3n) is 4.23. The van der Waals surface area contributed by atoms with Gasteiger partial charge in [-0.3, -0.25) is 0 Å². The molecular formula is C16H22ClN3O. The molecule has 1 aliphatic heterocycles. The predicted molar refractivity (Wildman–Crippen MR) is 85.7 cm³/mol. The lowest BCUT2D eigenvalue weighted by molar-refractivity contribution is 0.198. The van der Waals surface area contributed by atoms with E-state index in [9.17, 15) is 0 Å². The molecule has 1 saturated heterocycles. The fourth-order valence-corrected chi connectivity index (χ4v) is 3.14. The molecule has 0 amide bonds. The van der Waals surface area contributed by atoms with E-state index < -0.39 is 0 Å². The van der Waals surface area contributed by atoms with Crippen LogP contribution in [0.3, 0.4) is 0 Å². The maximum Gasteiger partial charge on any atom is 0.198 e. The Balaban J connectivity index is 1.60. The van der Waals surface area contributed by atoms with Crippen LogP contribution in [0, 0.1) is 0 Å². The number of halogens is 1. The second kappa shape index (κ2) is 6.77. The largest absolute Gasteiger partial charge is 0.440 e. The molecule has 0 atom stereocenters. The summed E-state index contributed by atoms with van der Waals surface area (Å²) >= 11 is 6.00. The number of oxazole rings is 1. The van der Waals surface area contributed by atoms with Gasteiger partial charge in [-0.2, -0.15) is 0 Å². The molecule has 3 rings (SSSR count). The zero-order valence-electron chi connectivity index (χ0n) is 12.2. The van der Waals surface area contributed by atoms with Crippen LogP contribution in [0.5, 0.6) is 0 Å². The van der Waals surface area contributed by atoms with Crippen LogP contribution >= 0.6 is 11.6 Å². The fraction of sp³-hybridized carbons (Fsp3) is 0.562. The highest BCUT2D eigenvalue weighted by atomic mass is 35.5. The SMILES string of the molecule is NCCCCN1CCC(c2nc3cc(Cl)ccc3o2)CC1. The molecule has 0 spiro atoms. The molecule has 114 valence electrons. The van der Waals surface area contributed by atoms with E-state index in [1.807, 2.05) is 18.2 Å². The Labute approximate surface area is 130 Å². The molecule has 1 aromatic heterocycles. The van der Waals surface area contributed by atoms with Gasteiger partial charge in [0.2, 0.25) is 0 Å². The topological polar surface area (TPSA) is 55.3 Å². The molecule has 0 unspecified atom stereocenters. The first kappa shape index (κ1) is 14.8. The fourth-order valence-electron chi connectivity index (χ4n) is 2.98. The van der Waals surface area contributed by atoms with Gasteiger partial charge in [0.05, 0.1) is 0 Å². The third kappa shape index (κ3) is 3.57. The van der Waals surface area contributed by atoms with Crippen molar-refractivity contribution in [3.63, 3.8) is 0 Å². The Morgan fingerprint density at radius 1 is 1.29 bits per heavy atom. The number of rotatable bonds is 5. The van der Waals surface area contributed by atoms with E-state index in [0.717, 1.165) is 62.4 Å². The van der Waals surface area contributed by atoms with Crippen LogP contribution in [0.15, 0.2) is 22.6 Å². The van der Waals surface area contributed by atoms with E-state index >= 15 is 0 Å². The number of hydrogen-bond donors (Lipinski definition) is 1. The molecule has 0 bridgehead atoms. The third-order valence-corrected chi connectivity index (χ3v) is 4.47. The Morgan fingerprint density at radius 3 is 2.86 bits per heavy atom. The first-order valence-electron chi connectivity index (χ1n) is 7.74. The first-order chi connectivity index (χ1) is 10.3. The molecule has 2 aromatic rings. The lowest BCUT2D eigenvalue weighted by atomic mass is 9.96. The van der Waals surface area contributed by atoms with Crippen LogP contribution in [0.25, 0.3) is 11.1 Å². The zero-order chi connectivity index (χ0) is 14.7. The molecule has 5 heteroatoms. The minimum Gasteiger partial charge on any atom is -0.440 e. The van der Waals surface area contributed by atoms with Crippen molar-refractivity contribution >= 4 is 22.7 Å². The predicted octanol–water partition coefficient (Wildman–Crippen LogP) is 3.40. The quantitative estimate of drug-likeness (QED) is 0.860. The molecule has 1 aromatic carbocycles. The van der Waals surface area contributed by atoms with Crippen molar-refractivity contribution in [3.8, 4) is 0 Å². The number of unbranched alkanes of at least 4 members (excludes halogenated alkanes) is 1. The smallest absolute Gasteiger partial charge is 0.198 e. The standard InChI is InChI=1S/C16H22ClN3O/c17-13-3-4-15-14(11-13)19-16(21-15)12-5-9-20(10-6-12)8-2-1-7-18/h3-4,11-12H,1-2,5-10,18H2. The Hall–Kier alpha value is -1.10. The lowest BCUT2D eigenvalue weighted by Crippen LogP contribution is -2.33. The van der Waals surface area contributed by atoms with Crippen molar-refractivity contribution in [1.82, 2.24) is 9.88 Å². The van der Waals surface area contributed by atoms with Crippen LogP contribution in [0.1, 0.15) is 37.5 Å². The molecule has 0 saturated carbocycles. The van der Waals surface area contributed by atoms with E-state index in [0.29, 0.717) is 10.9 Å². The zero-order valence-corrected chi connectivity index (χ0v) is 13.0. The van der Waals surface area contributed by atoms with Crippen molar-refractivity contribution in [2.45, 2.75) is 31.6 Å². The van der Waals surface area contributed by atoms with Gasteiger partial charge in [-0.05, 0) is 70.1 Å². The average molecular weight is 308 g/mol. The van der Waals surface area contributed by atoms with Crippen LogP contribution in [0.2, 0.25) is 5.02 Å². The second-order valence-electron chi connectivity index (χ2n) is 5.78. The van der Waals surface area contributed by atoms with Crippen LogP contribution in [-0.2, 0) is 0 Å². The van der Waals surface area contributed by atoms with Crippen LogP contribution in [0.4, 0.5) is 0 Å². The molecule has 4 nitrogen and oxygen atoms in total. The normalized spacial score (nSPS) is 17.6. The number of benzene rings is 1.